The topological polar surface area (TPSA) is 147 Å². The van der Waals surface area contributed by atoms with E-state index in [9.17, 15) is 4.79 Å². The van der Waals surface area contributed by atoms with Gasteiger partial charge in [-0.15, -0.1) is 0 Å². The zero-order valence-electron chi connectivity index (χ0n) is 19.8. The molecular formula is C26H27N8O2+. The molecule has 36 heavy (non-hydrogen) atoms. The number of hydrogen-bond acceptors (Lipinski definition) is 6. The first-order valence-corrected chi connectivity index (χ1v) is 11.5. The van der Waals surface area contributed by atoms with Crippen molar-refractivity contribution in [2.45, 2.75) is 6.42 Å². The maximum absolute atomic E-state index is 12.7. The van der Waals surface area contributed by atoms with Crippen LogP contribution in [0.5, 0.6) is 5.75 Å². The molecule has 0 unspecified atom stereocenters. The Bertz CT molecular complexity index is 1480. The van der Waals surface area contributed by atoms with Gasteiger partial charge in [-0.2, -0.15) is 0 Å². The molecule has 0 spiro atoms. The van der Waals surface area contributed by atoms with E-state index in [1.807, 2.05) is 36.4 Å². The molecule has 3 heterocycles. The lowest BCUT2D eigenvalue weighted by molar-refractivity contribution is -0.104. The molecule has 1 aliphatic heterocycles. The first kappa shape index (κ1) is 22.9. The van der Waals surface area contributed by atoms with Gasteiger partial charge < -0.3 is 31.0 Å². The van der Waals surface area contributed by atoms with Crippen LogP contribution in [0, 0.1) is 0 Å². The number of carbonyl (C=O) groups excluding carboxylic acids is 1. The van der Waals surface area contributed by atoms with Crippen molar-refractivity contribution in [3.8, 4) is 5.75 Å². The van der Waals surface area contributed by atoms with Crippen molar-refractivity contribution in [3.63, 3.8) is 0 Å². The third-order valence-corrected chi connectivity index (χ3v) is 6.12. The smallest absolute Gasteiger partial charge is 0.322 e. The van der Waals surface area contributed by atoms with Crippen molar-refractivity contribution < 1.29 is 14.9 Å². The first-order chi connectivity index (χ1) is 17.5. The predicted molar refractivity (Wildman–Crippen MR) is 141 cm³/mol. The summed E-state index contributed by atoms with van der Waals surface area (Å²) in [6.07, 6.45) is 5.75. The van der Waals surface area contributed by atoms with Gasteiger partial charge in [0.15, 0.2) is 6.21 Å². The van der Waals surface area contributed by atoms with Crippen LogP contribution in [0.1, 0.15) is 17.7 Å². The highest BCUT2D eigenvalue weighted by atomic mass is 16.5. The fourth-order valence-electron chi connectivity index (χ4n) is 4.15. The van der Waals surface area contributed by atoms with Crippen LogP contribution in [0.4, 0.5) is 27.7 Å². The molecule has 2 aromatic heterocycles. The van der Waals surface area contributed by atoms with Gasteiger partial charge in [-0.25, -0.2) is 14.8 Å². The Morgan fingerprint density at radius 3 is 2.86 bits per heavy atom. The fraction of sp³-hybridized carbons (Fsp3) is 0.154. The molecule has 5 rings (SSSR count). The number of benzene rings is 2. The largest absolute Gasteiger partial charge is 0.497 e. The molecule has 0 saturated carbocycles. The predicted octanol–water partition coefficient (Wildman–Crippen LogP) is 2.79. The van der Waals surface area contributed by atoms with Crippen LogP contribution in [0.25, 0.3) is 16.6 Å². The number of amides is 2. The SMILES string of the molecule is COc1cccc(NC(=O)N2CC=C(c3cc4c(Nc5ccc(N)c(C=[NH2+])c5)ncnc4[nH]3)CC2)c1. The summed E-state index contributed by atoms with van der Waals surface area (Å²) in [5.41, 5.74) is 11.6. The first-order valence-electron chi connectivity index (χ1n) is 11.5. The number of hydrogen-bond donors (Lipinski definition) is 5. The van der Waals surface area contributed by atoms with E-state index in [0.29, 0.717) is 42.5 Å². The van der Waals surface area contributed by atoms with Crippen LogP contribution in [0.2, 0.25) is 0 Å². The van der Waals surface area contributed by atoms with E-state index in [1.165, 1.54) is 12.5 Å². The van der Waals surface area contributed by atoms with E-state index < -0.39 is 0 Å². The highest BCUT2D eigenvalue weighted by Gasteiger charge is 2.20. The Hall–Kier alpha value is -4.86. The van der Waals surface area contributed by atoms with Crippen molar-refractivity contribution in [1.82, 2.24) is 19.9 Å². The number of nitrogens with zero attached hydrogens (tertiary/aromatic N) is 3. The molecule has 7 N–H and O–H groups in total. The summed E-state index contributed by atoms with van der Waals surface area (Å²) < 4.78 is 5.22. The van der Waals surface area contributed by atoms with Crippen LogP contribution < -0.4 is 26.5 Å². The Morgan fingerprint density at radius 2 is 2.08 bits per heavy atom. The third-order valence-electron chi connectivity index (χ3n) is 6.12. The number of H-pyrrole nitrogens is 1. The number of anilines is 4. The molecule has 0 fully saturated rings. The van der Waals surface area contributed by atoms with Gasteiger partial charge in [0.05, 0.1) is 18.1 Å². The zero-order chi connectivity index (χ0) is 25.1. The van der Waals surface area contributed by atoms with Crippen molar-refractivity contribution in [2.24, 2.45) is 0 Å². The Balaban J connectivity index is 1.31. The lowest BCUT2D eigenvalue weighted by atomic mass is 10.1. The molecule has 10 heteroatoms. The molecule has 2 amide bonds. The quantitative estimate of drug-likeness (QED) is 0.210. The number of nitrogens with two attached hydrogens (primary N) is 2. The maximum atomic E-state index is 12.7. The van der Waals surface area contributed by atoms with Crippen LogP contribution in [0.3, 0.4) is 0 Å². The fourth-order valence-corrected chi connectivity index (χ4v) is 4.15. The Kier molecular flexibility index (Phi) is 6.23. The maximum Gasteiger partial charge on any atom is 0.322 e. The van der Waals surface area contributed by atoms with E-state index in [0.717, 1.165) is 33.6 Å². The second kappa shape index (κ2) is 9.79. The number of aromatic nitrogens is 3. The summed E-state index contributed by atoms with van der Waals surface area (Å²) in [6, 6.07) is 14.7. The van der Waals surface area contributed by atoms with Gasteiger partial charge in [0.2, 0.25) is 0 Å². The molecule has 0 bridgehead atoms. The Labute approximate surface area is 207 Å². The van der Waals surface area contributed by atoms with Gasteiger partial charge in [0, 0.05) is 41.9 Å². The Morgan fingerprint density at radius 1 is 1.19 bits per heavy atom. The monoisotopic (exact) mass is 483 g/mol. The average molecular weight is 484 g/mol. The van der Waals surface area contributed by atoms with Crippen LogP contribution >= 0.6 is 0 Å². The highest BCUT2D eigenvalue weighted by Crippen LogP contribution is 2.30. The molecule has 182 valence electrons. The number of nitrogen functional groups attached to an aromatic ring is 1. The lowest BCUT2D eigenvalue weighted by Gasteiger charge is -2.26. The molecule has 0 saturated heterocycles. The molecule has 0 aliphatic carbocycles. The normalized spacial score (nSPS) is 13.2. The van der Waals surface area contributed by atoms with Gasteiger partial charge in [-0.3, -0.25) is 5.41 Å². The summed E-state index contributed by atoms with van der Waals surface area (Å²) in [7, 11) is 1.60. The minimum absolute atomic E-state index is 0.148. The molecule has 4 aromatic rings. The van der Waals surface area contributed by atoms with Gasteiger partial charge in [-0.05, 0) is 48.4 Å². The molecule has 0 atom stereocenters. The second-order valence-corrected chi connectivity index (χ2v) is 8.39. The number of ether oxygens (including phenoxy) is 1. The summed E-state index contributed by atoms with van der Waals surface area (Å²) in [5, 5.41) is 12.8. The van der Waals surface area contributed by atoms with E-state index in [1.54, 1.807) is 24.1 Å². The van der Waals surface area contributed by atoms with Crippen LogP contribution in [-0.4, -0.2) is 52.3 Å². The molecular weight excluding hydrogens is 456 g/mol. The minimum atomic E-state index is -0.148. The summed E-state index contributed by atoms with van der Waals surface area (Å²) in [6.45, 7) is 1.10. The second-order valence-electron chi connectivity index (χ2n) is 8.39. The van der Waals surface area contributed by atoms with E-state index in [-0.39, 0.29) is 6.03 Å². The van der Waals surface area contributed by atoms with Crippen molar-refractivity contribution in [1.29, 1.82) is 0 Å². The number of methoxy groups -OCH3 is 1. The summed E-state index contributed by atoms with van der Waals surface area (Å²) in [4.78, 5) is 26.7. The van der Waals surface area contributed by atoms with Gasteiger partial charge in [-0.1, -0.05) is 12.1 Å². The van der Waals surface area contributed by atoms with E-state index >= 15 is 0 Å². The number of rotatable bonds is 6. The highest BCUT2D eigenvalue weighted by molar-refractivity contribution is 5.94. The van der Waals surface area contributed by atoms with Gasteiger partial charge >= 0.3 is 6.03 Å². The van der Waals surface area contributed by atoms with Gasteiger partial charge in [0.25, 0.3) is 0 Å². The number of fused-ring (bicyclic) bond motifs is 1. The van der Waals surface area contributed by atoms with Crippen molar-refractivity contribution in [3.05, 3.63) is 72.2 Å². The van der Waals surface area contributed by atoms with E-state index in [2.05, 4.69) is 31.7 Å². The van der Waals surface area contributed by atoms with E-state index in [4.69, 9.17) is 15.9 Å². The lowest BCUT2D eigenvalue weighted by Crippen LogP contribution is -2.37. The summed E-state index contributed by atoms with van der Waals surface area (Å²) in [5.74, 6) is 1.37. The number of urea groups is 1. The molecule has 2 aromatic carbocycles. The standard InChI is InChI=1S/C26H26N8O2/c1-36-20-4-2-3-18(12-20)32-26(35)34-9-7-16(8-10-34)23-13-21-24(29-15-30-25(21)33-23)31-19-5-6-22(28)17(11-19)14-27/h2-7,11-15,27H,8-10,28H2,1H3,(H,32,35)(H2,29,30,31,33)/p+1. The minimum Gasteiger partial charge on any atom is -0.497 e. The van der Waals surface area contributed by atoms with Crippen molar-refractivity contribution in [2.75, 3.05) is 36.6 Å². The van der Waals surface area contributed by atoms with Crippen LogP contribution in [-0.2, 0) is 0 Å². The number of nitrogens with one attached hydrogen (secondary N) is 3. The van der Waals surface area contributed by atoms with Crippen molar-refractivity contribution >= 4 is 51.7 Å². The zero-order valence-corrected chi connectivity index (χ0v) is 19.8. The average Bonchev–Trinajstić information content (AvgIpc) is 3.35. The molecule has 10 nitrogen and oxygen atoms in total. The molecule has 1 aliphatic rings. The number of carbonyl (C=O) groups is 1. The van der Waals surface area contributed by atoms with Crippen LogP contribution in [0.15, 0.2) is 60.9 Å². The molecule has 0 radical (unpaired) electrons. The number of aromatic amines is 1. The summed E-state index contributed by atoms with van der Waals surface area (Å²) >= 11 is 0. The van der Waals surface area contributed by atoms with Gasteiger partial charge in [0.1, 0.15) is 23.5 Å². The third kappa shape index (κ3) is 4.69.